The zero-order chi connectivity index (χ0) is 11.5. The summed E-state index contributed by atoms with van der Waals surface area (Å²) in [7, 11) is 0. The lowest BCUT2D eigenvalue weighted by Crippen LogP contribution is -2.20. The van der Waals surface area contributed by atoms with Gasteiger partial charge < -0.3 is 4.84 Å². The average Bonchev–Trinajstić information content (AvgIpc) is 2.57. The Morgan fingerprint density at radius 3 is 3.12 bits per heavy atom. The van der Waals surface area contributed by atoms with Crippen LogP contribution in [0.4, 0.5) is 0 Å². The van der Waals surface area contributed by atoms with E-state index in [4.69, 9.17) is 4.84 Å². The molecule has 0 aromatic carbocycles. The molecule has 0 aliphatic carbocycles. The van der Waals surface area contributed by atoms with E-state index in [-0.39, 0.29) is 5.97 Å². The van der Waals surface area contributed by atoms with Crippen LogP contribution in [-0.4, -0.2) is 20.9 Å². The highest BCUT2D eigenvalue weighted by Gasteiger charge is 2.11. The van der Waals surface area contributed by atoms with Crippen LogP contribution in [0.3, 0.4) is 0 Å². The molecule has 0 saturated heterocycles. The standard InChI is InChI=1S/C11H13N3O2/c1-3-5-10(15)16-14-11-9(8(2)13-14)6-4-7-12-11/h4,6-7H,3,5H2,1-2H3. The summed E-state index contributed by atoms with van der Waals surface area (Å²) in [5, 5.41) is 5.02. The molecule has 0 spiro atoms. The normalized spacial score (nSPS) is 10.6. The minimum absolute atomic E-state index is 0.294. The van der Waals surface area contributed by atoms with Crippen molar-refractivity contribution < 1.29 is 9.63 Å². The van der Waals surface area contributed by atoms with Crippen LogP contribution < -0.4 is 4.84 Å². The molecule has 5 nitrogen and oxygen atoms in total. The smallest absolute Gasteiger partial charge is 0.317 e. The fourth-order valence-electron chi connectivity index (χ4n) is 1.48. The first-order chi connectivity index (χ1) is 7.72. The molecule has 5 heteroatoms. The largest absolute Gasteiger partial charge is 0.335 e. The molecule has 0 radical (unpaired) electrons. The number of hydrogen-bond donors (Lipinski definition) is 0. The number of aromatic nitrogens is 3. The Balaban J connectivity index is 2.34. The van der Waals surface area contributed by atoms with Crippen LogP contribution in [0.2, 0.25) is 0 Å². The molecule has 0 aliphatic rings. The van der Waals surface area contributed by atoms with E-state index in [2.05, 4.69) is 10.1 Å². The number of hydrogen-bond acceptors (Lipinski definition) is 4. The molecule has 16 heavy (non-hydrogen) atoms. The Bertz CT molecular complexity index is 519. The number of nitrogens with zero attached hydrogens (tertiary/aromatic N) is 3. The van der Waals surface area contributed by atoms with Gasteiger partial charge in [0.2, 0.25) is 0 Å². The van der Waals surface area contributed by atoms with Gasteiger partial charge in [-0.1, -0.05) is 11.8 Å². The Hall–Kier alpha value is -1.91. The SMILES string of the molecule is CCCC(=O)On1nc(C)c2cccnc21. The number of pyridine rings is 1. The van der Waals surface area contributed by atoms with E-state index in [0.717, 1.165) is 17.5 Å². The third-order valence-corrected chi connectivity index (χ3v) is 2.24. The molecule has 84 valence electrons. The fourth-order valence-corrected chi connectivity index (χ4v) is 1.48. The lowest BCUT2D eigenvalue weighted by atomic mass is 10.3. The second-order valence-corrected chi connectivity index (χ2v) is 3.55. The second kappa shape index (κ2) is 4.30. The molecule has 0 bridgehead atoms. The van der Waals surface area contributed by atoms with E-state index < -0.39 is 0 Å². The van der Waals surface area contributed by atoms with Gasteiger partial charge >= 0.3 is 5.97 Å². The summed E-state index contributed by atoms with van der Waals surface area (Å²) in [4.78, 5) is 21.8. The Labute approximate surface area is 93.0 Å². The van der Waals surface area contributed by atoms with E-state index >= 15 is 0 Å². The van der Waals surface area contributed by atoms with Crippen LogP contribution in [0.1, 0.15) is 25.5 Å². The van der Waals surface area contributed by atoms with Gasteiger partial charge in [0.15, 0.2) is 5.65 Å². The van der Waals surface area contributed by atoms with Crippen LogP contribution >= 0.6 is 0 Å². The molecule has 2 aromatic heterocycles. The van der Waals surface area contributed by atoms with Crippen molar-refractivity contribution in [1.82, 2.24) is 14.9 Å². The summed E-state index contributed by atoms with van der Waals surface area (Å²) in [5.74, 6) is -0.294. The number of aryl methyl sites for hydroxylation is 1. The molecule has 2 heterocycles. The molecule has 0 aliphatic heterocycles. The van der Waals surface area contributed by atoms with E-state index in [0.29, 0.717) is 12.1 Å². The summed E-state index contributed by atoms with van der Waals surface area (Å²) in [6.07, 6.45) is 2.78. The summed E-state index contributed by atoms with van der Waals surface area (Å²) >= 11 is 0. The summed E-state index contributed by atoms with van der Waals surface area (Å²) < 4.78 is 0. The van der Waals surface area contributed by atoms with Crippen LogP contribution in [-0.2, 0) is 4.79 Å². The average molecular weight is 219 g/mol. The molecular formula is C11H13N3O2. The molecule has 0 N–H and O–H groups in total. The van der Waals surface area contributed by atoms with Crippen LogP contribution in [0.25, 0.3) is 11.0 Å². The minimum atomic E-state index is -0.294. The summed E-state index contributed by atoms with van der Waals surface area (Å²) in [6, 6.07) is 3.73. The lowest BCUT2D eigenvalue weighted by Gasteiger charge is -2.01. The van der Waals surface area contributed by atoms with Crippen molar-refractivity contribution in [2.45, 2.75) is 26.7 Å². The molecular weight excluding hydrogens is 206 g/mol. The van der Waals surface area contributed by atoms with Gasteiger partial charge in [-0.2, -0.15) is 0 Å². The quantitative estimate of drug-likeness (QED) is 0.784. The highest BCUT2D eigenvalue weighted by molar-refractivity contribution is 5.78. The van der Waals surface area contributed by atoms with Crippen LogP contribution in [0.15, 0.2) is 18.3 Å². The molecule has 2 rings (SSSR count). The van der Waals surface area contributed by atoms with Gasteiger partial charge in [-0.05, 0) is 25.5 Å². The topological polar surface area (TPSA) is 57.0 Å². The Morgan fingerprint density at radius 1 is 1.56 bits per heavy atom. The number of rotatable bonds is 3. The maximum absolute atomic E-state index is 11.4. The van der Waals surface area contributed by atoms with E-state index in [1.54, 1.807) is 6.20 Å². The van der Waals surface area contributed by atoms with Gasteiger partial charge in [0, 0.05) is 18.0 Å². The first-order valence-electron chi connectivity index (χ1n) is 5.24. The van der Waals surface area contributed by atoms with E-state index in [1.165, 1.54) is 4.85 Å². The number of carbonyl (C=O) groups is 1. The monoisotopic (exact) mass is 219 g/mol. The van der Waals surface area contributed by atoms with Crippen molar-refractivity contribution in [3.8, 4) is 0 Å². The minimum Gasteiger partial charge on any atom is -0.317 e. The molecule has 2 aromatic rings. The van der Waals surface area contributed by atoms with Crippen molar-refractivity contribution in [3.05, 3.63) is 24.0 Å². The molecule has 0 amide bonds. The zero-order valence-electron chi connectivity index (χ0n) is 9.30. The highest BCUT2D eigenvalue weighted by Crippen LogP contribution is 2.13. The van der Waals surface area contributed by atoms with Gasteiger partial charge in [-0.25, -0.2) is 9.78 Å². The first kappa shape index (κ1) is 10.6. The van der Waals surface area contributed by atoms with Crippen LogP contribution in [0, 0.1) is 6.92 Å². The predicted octanol–water partition coefficient (Wildman–Crippen LogP) is 1.50. The molecule has 0 saturated carbocycles. The third kappa shape index (κ3) is 1.88. The van der Waals surface area contributed by atoms with Gasteiger partial charge in [-0.15, -0.1) is 5.10 Å². The van der Waals surface area contributed by atoms with Crippen LogP contribution in [0.5, 0.6) is 0 Å². The lowest BCUT2D eigenvalue weighted by molar-refractivity contribution is -0.145. The van der Waals surface area contributed by atoms with Gasteiger partial charge in [0.25, 0.3) is 0 Å². The Morgan fingerprint density at radius 2 is 2.38 bits per heavy atom. The maximum atomic E-state index is 11.4. The number of carbonyl (C=O) groups excluding carboxylic acids is 1. The predicted molar refractivity (Wildman–Crippen MR) is 58.8 cm³/mol. The third-order valence-electron chi connectivity index (χ3n) is 2.24. The van der Waals surface area contributed by atoms with Crippen molar-refractivity contribution in [1.29, 1.82) is 0 Å². The zero-order valence-corrected chi connectivity index (χ0v) is 9.30. The summed E-state index contributed by atoms with van der Waals surface area (Å²) in [5.41, 5.74) is 1.37. The van der Waals surface area contributed by atoms with Crippen molar-refractivity contribution >= 4 is 17.0 Å². The molecule has 0 fully saturated rings. The van der Waals surface area contributed by atoms with E-state index in [1.807, 2.05) is 26.0 Å². The van der Waals surface area contributed by atoms with Crippen molar-refractivity contribution in [2.75, 3.05) is 0 Å². The fraction of sp³-hybridized carbons (Fsp3) is 0.364. The van der Waals surface area contributed by atoms with Crippen molar-refractivity contribution in [3.63, 3.8) is 0 Å². The Kier molecular flexibility index (Phi) is 2.85. The molecule has 0 atom stereocenters. The highest BCUT2D eigenvalue weighted by atomic mass is 16.7. The maximum Gasteiger partial charge on any atom is 0.335 e. The van der Waals surface area contributed by atoms with E-state index in [9.17, 15) is 4.79 Å². The first-order valence-corrected chi connectivity index (χ1v) is 5.24. The van der Waals surface area contributed by atoms with Gasteiger partial charge in [0.05, 0.1) is 5.69 Å². The van der Waals surface area contributed by atoms with Gasteiger partial charge in [0.1, 0.15) is 0 Å². The number of fused-ring (bicyclic) bond motifs is 1. The van der Waals surface area contributed by atoms with Crippen molar-refractivity contribution in [2.24, 2.45) is 0 Å². The molecule has 0 unspecified atom stereocenters. The van der Waals surface area contributed by atoms with Gasteiger partial charge in [-0.3, -0.25) is 0 Å². The second-order valence-electron chi connectivity index (χ2n) is 3.55. The summed E-state index contributed by atoms with van der Waals surface area (Å²) in [6.45, 7) is 3.78.